The summed E-state index contributed by atoms with van der Waals surface area (Å²) in [4.78, 5) is 20.7. The highest BCUT2D eigenvalue weighted by Gasteiger charge is 2.34. The highest BCUT2D eigenvalue weighted by molar-refractivity contribution is 5.82. The van der Waals surface area contributed by atoms with Gasteiger partial charge in [0.15, 0.2) is 0 Å². The quantitative estimate of drug-likeness (QED) is 0.929. The molecular weight excluding hydrogens is 262 g/mol. The lowest BCUT2D eigenvalue weighted by atomic mass is 10.1. The first-order valence-electron chi connectivity index (χ1n) is 8.45. The zero-order chi connectivity index (χ0) is 14.7. The molecule has 2 unspecified atom stereocenters. The van der Waals surface area contributed by atoms with Gasteiger partial charge in [-0.25, -0.2) is 0 Å². The van der Waals surface area contributed by atoms with E-state index in [9.17, 15) is 4.79 Å². The Morgan fingerprint density at radius 2 is 1.95 bits per heavy atom. The summed E-state index contributed by atoms with van der Waals surface area (Å²) in [7, 11) is 0. The minimum atomic E-state index is 0.0265. The fourth-order valence-corrected chi connectivity index (χ4v) is 3.78. The van der Waals surface area contributed by atoms with Crippen molar-refractivity contribution < 1.29 is 4.79 Å². The van der Waals surface area contributed by atoms with Crippen molar-refractivity contribution in [2.75, 3.05) is 19.6 Å². The monoisotopic (exact) mass is 289 g/mol. The van der Waals surface area contributed by atoms with Crippen molar-refractivity contribution in [1.82, 2.24) is 14.8 Å². The molecule has 2 aliphatic rings. The lowest BCUT2D eigenvalue weighted by molar-refractivity contribution is -0.137. The lowest BCUT2D eigenvalue weighted by Crippen LogP contribution is -2.47. The van der Waals surface area contributed by atoms with Gasteiger partial charge in [-0.3, -0.25) is 9.69 Å². The average molecular weight is 289 g/mol. The predicted octanol–water partition coefficient (Wildman–Crippen LogP) is 2.94. The van der Waals surface area contributed by atoms with E-state index < -0.39 is 0 Å². The number of amides is 1. The number of aromatic nitrogens is 1. The lowest BCUT2D eigenvalue weighted by Gasteiger charge is -2.32. The van der Waals surface area contributed by atoms with Crippen LogP contribution in [0.2, 0.25) is 0 Å². The first-order chi connectivity index (χ1) is 10.3. The molecule has 2 aliphatic heterocycles. The predicted molar refractivity (Wildman–Crippen MR) is 84.0 cm³/mol. The number of H-pyrrole nitrogens is 1. The number of nitrogens with zero attached hydrogens (tertiary/aromatic N) is 2. The summed E-state index contributed by atoms with van der Waals surface area (Å²) >= 11 is 0. The van der Waals surface area contributed by atoms with Crippen LogP contribution >= 0.6 is 0 Å². The van der Waals surface area contributed by atoms with Crippen molar-refractivity contribution in [1.29, 1.82) is 0 Å². The van der Waals surface area contributed by atoms with Gasteiger partial charge in [-0.05, 0) is 57.8 Å². The Labute approximate surface area is 127 Å². The molecule has 1 N–H and O–H groups in total. The number of hydrogen-bond donors (Lipinski definition) is 1. The summed E-state index contributed by atoms with van der Waals surface area (Å²) in [5.41, 5.74) is 1.18. The summed E-state index contributed by atoms with van der Waals surface area (Å²) < 4.78 is 0. The van der Waals surface area contributed by atoms with Gasteiger partial charge in [0.25, 0.3) is 0 Å². The second-order valence-corrected chi connectivity index (χ2v) is 6.44. The summed E-state index contributed by atoms with van der Waals surface area (Å²) in [6.07, 6.45) is 9.24. The molecule has 0 spiro atoms. The minimum absolute atomic E-state index is 0.0265. The molecule has 4 heteroatoms. The van der Waals surface area contributed by atoms with Gasteiger partial charge in [0.1, 0.15) is 0 Å². The molecular formula is C17H27N3O. The number of likely N-dealkylation sites (tertiary alicyclic amines) is 2. The van der Waals surface area contributed by atoms with Gasteiger partial charge < -0.3 is 9.88 Å². The van der Waals surface area contributed by atoms with Crippen molar-refractivity contribution in [3.63, 3.8) is 0 Å². The van der Waals surface area contributed by atoms with Crippen LogP contribution in [0.25, 0.3) is 0 Å². The Morgan fingerprint density at radius 1 is 1.19 bits per heavy atom. The van der Waals surface area contributed by atoms with Crippen LogP contribution in [-0.2, 0) is 4.79 Å². The highest BCUT2D eigenvalue weighted by Crippen LogP contribution is 2.32. The van der Waals surface area contributed by atoms with Crippen LogP contribution in [0.3, 0.4) is 0 Å². The topological polar surface area (TPSA) is 39.3 Å². The van der Waals surface area contributed by atoms with Gasteiger partial charge in [-0.1, -0.05) is 12.8 Å². The third-order valence-corrected chi connectivity index (χ3v) is 5.06. The zero-order valence-electron chi connectivity index (χ0n) is 13.1. The molecule has 116 valence electrons. The molecule has 3 heterocycles. The molecule has 0 radical (unpaired) electrons. The Bertz CT molecular complexity index is 449. The van der Waals surface area contributed by atoms with Crippen LogP contribution in [0, 0.1) is 0 Å². The van der Waals surface area contributed by atoms with E-state index in [1.165, 1.54) is 31.4 Å². The van der Waals surface area contributed by atoms with Crippen LogP contribution in [0.5, 0.6) is 0 Å². The third kappa shape index (κ3) is 3.15. The Hall–Kier alpha value is -1.29. The van der Waals surface area contributed by atoms with Gasteiger partial charge in [0.2, 0.25) is 5.91 Å². The van der Waals surface area contributed by atoms with Crippen molar-refractivity contribution in [3.05, 3.63) is 24.0 Å². The molecule has 0 saturated carbocycles. The molecule has 4 nitrogen and oxygen atoms in total. The number of carbonyl (C=O) groups is 1. The standard InChI is InChI=1S/C17H27N3O/c1-14(19-11-4-2-3-5-12-19)17(21)20-13-7-9-16(20)15-8-6-10-18-15/h6,8,10,14,16,18H,2-5,7,9,11-13H2,1H3. The maximum Gasteiger partial charge on any atom is 0.240 e. The van der Waals surface area contributed by atoms with E-state index in [2.05, 4.69) is 27.8 Å². The highest BCUT2D eigenvalue weighted by atomic mass is 16.2. The molecule has 3 rings (SSSR count). The molecule has 0 aliphatic carbocycles. The van der Waals surface area contributed by atoms with E-state index in [1.807, 2.05) is 12.3 Å². The fourth-order valence-electron chi connectivity index (χ4n) is 3.78. The first-order valence-corrected chi connectivity index (χ1v) is 8.45. The van der Waals surface area contributed by atoms with Gasteiger partial charge in [-0.15, -0.1) is 0 Å². The average Bonchev–Trinajstić information content (AvgIpc) is 3.11. The molecule has 1 amide bonds. The van der Waals surface area contributed by atoms with Crippen molar-refractivity contribution >= 4 is 5.91 Å². The SMILES string of the molecule is CC(C(=O)N1CCCC1c1ccc[nH]1)N1CCCCCC1. The number of aromatic amines is 1. The van der Waals surface area contributed by atoms with E-state index in [-0.39, 0.29) is 12.1 Å². The molecule has 0 aromatic carbocycles. The van der Waals surface area contributed by atoms with E-state index >= 15 is 0 Å². The zero-order valence-corrected chi connectivity index (χ0v) is 13.1. The summed E-state index contributed by atoms with van der Waals surface area (Å²) in [6, 6.07) is 4.40. The second kappa shape index (κ2) is 6.65. The molecule has 1 aromatic rings. The van der Waals surface area contributed by atoms with Crippen LogP contribution in [0.1, 0.15) is 57.2 Å². The van der Waals surface area contributed by atoms with Crippen molar-refractivity contribution in [2.24, 2.45) is 0 Å². The summed E-state index contributed by atoms with van der Waals surface area (Å²) in [5, 5.41) is 0. The van der Waals surface area contributed by atoms with Crippen LogP contribution < -0.4 is 0 Å². The number of carbonyl (C=O) groups excluding carboxylic acids is 1. The van der Waals surface area contributed by atoms with Crippen molar-refractivity contribution in [3.8, 4) is 0 Å². The van der Waals surface area contributed by atoms with Crippen LogP contribution in [0.15, 0.2) is 18.3 Å². The first kappa shape index (κ1) is 14.6. The second-order valence-electron chi connectivity index (χ2n) is 6.44. The van der Waals surface area contributed by atoms with E-state index in [4.69, 9.17) is 0 Å². The molecule has 2 atom stereocenters. The Morgan fingerprint density at radius 3 is 2.62 bits per heavy atom. The normalized spacial score (nSPS) is 25.8. The maximum absolute atomic E-state index is 12.9. The summed E-state index contributed by atoms with van der Waals surface area (Å²) in [6.45, 7) is 5.15. The Kier molecular flexibility index (Phi) is 4.63. The molecule has 2 saturated heterocycles. The summed E-state index contributed by atoms with van der Waals surface area (Å²) in [5.74, 6) is 0.314. The van der Waals surface area contributed by atoms with E-state index in [0.29, 0.717) is 5.91 Å². The van der Waals surface area contributed by atoms with Gasteiger partial charge in [0, 0.05) is 18.4 Å². The van der Waals surface area contributed by atoms with Crippen LogP contribution in [-0.4, -0.2) is 46.4 Å². The maximum atomic E-state index is 12.9. The molecule has 1 aromatic heterocycles. The fraction of sp³-hybridized carbons (Fsp3) is 0.706. The van der Waals surface area contributed by atoms with Gasteiger partial charge in [-0.2, -0.15) is 0 Å². The number of rotatable bonds is 3. The van der Waals surface area contributed by atoms with Crippen molar-refractivity contribution in [2.45, 2.75) is 57.5 Å². The Balaban J connectivity index is 1.68. The van der Waals surface area contributed by atoms with E-state index in [1.54, 1.807) is 0 Å². The van der Waals surface area contributed by atoms with Gasteiger partial charge in [0.05, 0.1) is 12.1 Å². The smallest absolute Gasteiger partial charge is 0.240 e. The number of hydrogen-bond acceptors (Lipinski definition) is 2. The molecule has 2 fully saturated rings. The molecule has 0 bridgehead atoms. The molecule has 21 heavy (non-hydrogen) atoms. The largest absolute Gasteiger partial charge is 0.363 e. The van der Waals surface area contributed by atoms with E-state index in [0.717, 1.165) is 32.5 Å². The third-order valence-electron chi connectivity index (χ3n) is 5.06. The minimum Gasteiger partial charge on any atom is -0.363 e. The van der Waals surface area contributed by atoms with Crippen LogP contribution in [0.4, 0.5) is 0 Å². The number of nitrogens with one attached hydrogen (secondary N) is 1. The van der Waals surface area contributed by atoms with Gasteiger partial charge >= 0.3 is 0 Å².